The van der Waals surface area contributed by atoms with Gasteiger partial charge in [0.2, 0.25) is 11.8 Å². The topological polar surface area (TPSA) is 62.3 Å². The van der Waals surface area contributed by atoms with Gasteiger partial charge in [0.15, 0.2) is 0 Å². The molecule has 1 aliphatic heterocycles. The average Bonchev–Trinajstić information content (AvgIpc) is 2.72. The van der Waals surface area contributed by atoms with Crippen LogP contribution in [0.25, 0.3) is 0 Å². The number of carbonyl (C=O) groups is 2. The predicted octanol–water partition coefficient (Wildman–Crippen LogP) is 2.90. The highest BCUT2D eigenvalue weighted by atomic mass is 32.2. The van der Waals surface area contributed by atoms with E-state index in [2.05, 4.69) is 22.4 Å². The molecule has 1 aromatic carbocycles. The summed E-state index contributed by atoms with van der Waals surface area (Å²) in [6.07, 6.45) is 5.56. The van der Waals surface area contributed by atoms with Gasteiger partial charge in [-0.2, -0.15) is 0 Å². The average molecular weight is 384 g/mol. The second-order valence-electron chi connectivity index (χ2n) is 6.72. The number of benzene rings is 1. The van der Waals surface area contributed by atoms with Crippen LogP contribution < -0.4 is 5.32 Å². The number of thioether (sulfide) groups is 1. The van der Waals surface area contributed by atoms with E-state index >= 15 is 0 Å². The van der Waals surface area contributed by atoms with Crippen molar-refractivity contribution in [1.82, 2.24) is 15.2 Å². The van der Waals surface area contributed by atoms with Crippen molar-refractivity contribution >= 4 is 23.6 Å². The van der Waals surface area contributed by atoms with Gasteiger partial charge in [0, 0.05) is 49.3 Å². The highest BCUT2D eigenvalue weighted by Crippen LogP contribution is 2.19. The zero-order valence-electron chi connectivity index (χ0n) is 15.6. The normalized spacial score (nSPS) is 17.0. The molecule has 2 amide bonds. The molecule has 2 heterocycles. The van der Waals surface area contributed by atoms with E-state index in [1.54, 1.807) is 22.9 Å². The molecular formula is C21H25N3O2S. The first kappa shape index (κ1) is 19.4. The summed E-state index contributed by atoms with van der Waals surface area (Å²) in [4.78, 5) is 32.1. The molecule has 142 valence electrons. The summed E-state index contributed by atoms with van der Waals surface area (Å²) >= 11 is 1.69. The SMILES string of the molecule is CSc1cccc(CNC(=O)[C@@H]2CCC(=O)N(CCc3ccccn3)C2)c1. The second kappa shape index (κ2) is 9.55. The molecule has 0 unspecified atom stereocenters. The van der Waals surface area contributed by atoms with Crippen LogP contribution in [0.1, 0.15) is 24.1 Å². The third kappa shape index (κ3) is 5.57. The minimum absolute atomic E-state index is 0.0277. The smallest absolute Gasteiger partial charge is 0.225 e. The van der Waals surface area contributed by atoms with Gasteiger partial charge in [0.25, 0.3) is 0 Å². The Morgan fingerprint density at radius 2 is 2.19 bits per heavy atom. The van der Waals surface area contributed by atoms with Crippen LogP contribution in [0.2, 0.25) is 0 Å². The number of amides is 2. The highest BCUT2D eigenvalue weighted by molar-refractivity contribution is 7.98. The Morgan fingerprint density at radius 1 is 1.30 bits per heavy atom. The van der Waals surface area contributed by atoms with E-state index < -0.39 is 0 Å². The zero-order chi connectivity index (χ0) is 19.1. The van der Waals surface area contributed by atoms with Gasteiger partial charge in [0.1, 0.15) is 0 Å². The molecule has 2 aromatic rings. The molecule has 1 atom stereocenters. The lowest BCUT2D eigenvalue weighted by Gasteiger charge is -2.32. The first-order valence-electron chi connectivity index (χ1n) is 9.24. The summed E-state index contributed by atoms with van der Waals surface area (Å²) in [5.74, 6) is 0.0118. The molecule has 1 aromatic heterocycles. The fourth-order valence-electron chi connectivity index (χ4n) is 3.26. The van der Waals surface area contributed by atoms with Crippen LogP contribution in [0.15, 0.2) is 53.6 Å². The van der Waals surface area contributed by atoms with Gasteiger partial charge < -0.3 is 10.2 Å². The van der Waals surface area contributed by atoms with E-state index in [1.165, 1.54) is 4.90 Å². The Bertz CT molecular complexity index is 782. The van der Waals surface area contributed by atoms with Gasteiger partial charge >= 0.3 is 0 Å². The number of pyridine rings is 1. The monoisotopic (exact) mass is 383 g/mol. The van der Waals surface area contributed by atoms with Crippen molar-refractivity contribution in [2.24, 2.45) is 5.92 Å². The van der Waals surface area contributed by atoms with E-state index in [0.29, 0.717) is 38.9 Å². The summed E-state index contributed by atoms with van der Waals surface area (Å²) in [6, 6.07) is 14.0. The van der Waals surface area contributed by atoms with Gasteiger partial charge in [-0.3, -0.25) is 14.6 Å². The van der Waals surface area contributed by atoms with Crippen LogP contribution in [0, 0.1) is 5.92 Å². The van der Waals surface area contributed by atoms with E-state index in [9.17, 15) is 9.59 Å². The molecule has 0 radical (unpaired) electrons. The Labute approximate surface area is 164 Å². The standard InChI is InChI=1S/C21H25N3O2S/c1-27-19-7-4-5-16(13-19)14-23-21(26)17-8-9-20(25)24(15-17)12-10-18-6-2-3-11-22-18/h2-7,11,13,17H,8-10,12,14-15H2,1H3,(H,23,26)/t17-/m1/s1. The lowest BCUT2D eigenvalue weighted by Crippen LogP contribution is -2.46. The van der Waals surface area contributed by atoms with Gasteiger partial charge in [0.05, 0.1) is 5.92 Å². The van der Waals surface area contributed by atoms with Crippen LogP contribution in [0.3, 0.4) is 0 Å². The molecule has 27 heavy (non-hydrogen) atoms. The van der Waals surface area contributed by atoms with Crippen LogP contribution in [0.5, 0.6) is 0 Å². The van der Waals surface area contributed by atoms with Gasteiger partial charge in [-0.05, 0) is 42.5 Å². The fraction of sp³-hybridized carbons (Fsp3) is 0.381. The van der Waals surface area contributed by atoms with Crippen molar-refractivity contribution in [3.8, 4) is 0 Å². The number of rotatable bonds is 7. The first-order valence-corrected chi connectivity index (χ1v) is 10.5. The number of carbonyl (C=O) groups excluding carboxylic acids is 2. The number of hydrogen-bond donors (Lipinski definition) is 1. The Morgan fingerprint density at radius 3 is 2.96 bits per heavy atom. The molecular weight excluding hydrogens is 358 g/mol. The van der Waals surface area contributed by atoms with Crippen molar-refractivity contribution in [3.05, 3.63) is 59.9 Å². The Kier molecular flexibility index (Phi) is 6.87. The molecule has 0 spiro atoms. The second-order valence-corrected chi connectivity index (χ2v) is 7.60. The van der Waals surface area contributed by atoms with Crippen LogP contribution in [-0.2, 0) is 22.6 Å². The molecule has 1 aliphatic rings. The first-order chi connectivity index (χ1) is 13.2. The predicted molar refractivity (Wildman–Crippen MR) is 107 cm³/mol. The van der Waals surface area contributed by atoms with Crippen LogP contribution in [0.4, 0.5) is 0 Å². The van der Waals surface area contributed by atoms with Crippen molar-refractivity contribution in [2.45, 2.75) is 30.7 Å². The maximum absolute atomic E-state index is 12.6. The maximum atomic E-state index is 12.6. The molecule has 3 rings (SSSR count). The van der Waals surface area contributed by atoms with Gasteiger partial charge in [-0.25, -0.2) is 0 Å². The molecule has 1 saturated heterocycles. The number of piperidine rings is 1. The van der Waals surface area contributed by atoms with Crippen molar-refractivity contribution in [3.63, 3.8) is 0 Å². The lowest BCUT2D eigenvalue weighted by atomic mass is 9.96. The summed E-state index contributed by atoms with van der Waals surface area (Å²) < 4.78 is 0. The largest absolute Gasteiger partial charge is 0.352 e. The van der Waals surface area contributed by atoms with E-state index in [4.69, 9.17) is 0 Å². The molecule has 0 bridgehead atoms. The van der Waals surface area contributed by atoms with E-state index in [1.807, 2.05) is 36.6 Å². The number of nitrogens with zero attached hydrogens (tertiary/aromatic N) is 2. The maximum Gasteiger partial charge on any atom is 0.225 e. The third-order valence-corrected chi connectivity index (χ3v) is 5.56. The zero-order valence-corrected chi connectivity index (χ0v) is 16.4. The van der Waals surface area contributed by atoms with E-state index in [-0.39, 0.29) is 17.7 Å². The van der Waals surface area contributed by atoms with Gasteiger partial charge in [-0.1, -0.05) is 18.2 Å². The molecule has 0 aliphatic carbocycles. The molecule has 6 heteroatoms. The molecule has 5 nitrogen and oxygen atoms in total. The Hall–Kier alpha value is -2.34. The quantitative estimate of drug-likeness (QED) is 0.747. The fourth-order valence-corrected chi connectivity index (χ4v) is 3.74. The minimum atomic E-state index is -0.143. The molecule has 1 N–H and O–H groups in total. The summed E-state index contributed by atoms with van der Waals surface area (Å²) in [5, 5.41) is 3.03. The number of nitrogens with one attached hydrogen (secondary N) is 1. The summed E-state index contributed by atoms with van der Waals surface area (Å²) in [7, 11) is 0. The van der Waals surface area contributed by atoms with Crippen LogP contribution in [-0.4, -0.2) is 41.0 Å². The van der Waals surface area contributed by atoms with Crippen LogP contribution >= 0.6 is 11.8 Å². The highest BCUT2D eigenvalue weighted by Gasteiger charge is 2.29. The van der Waals surface area contributed by atoms with Gasteiger partial charge in [-0.15, -0.1) is 11.8 Å². The number of likely N-dealkylation sites (tertiary alicyclic amines) is 1. The van der Waals surface area contributed by atoms with Crippen molar-refractivity contribution < 1.29 is 9.59 Å². The van der Waals surface area contributed by atoms with Crippen molar-refractivity contribution in [1.29, 1.82) is 0 Å². The van der Waals surface area contributed by atoms with Crippen molar-refractivity contribution in [2.75, 3.05) is 19.3 Å². The number of aromatic nitrogens is 1. The molecule has 0 saturated carbocycles. The van der Waals surface area contributed by atoms with E-state index in [0.717, 1.165) is 11.3 Å². The lowest BCUT2D eigenvalue weighted by molar-refractivity contribution is -0.138. The number of hydrogen-bond acceptors (Lipinski definition) is 4. The Balaban J connectivity index is 1.51. The minimum Gasteiger partial charge on any atom is -0.352 e. The third-order valence-electron chi connectivity index (χ3n) is 4.84. The summed E-state index contributed by atoms with van der Waals surface area (Å²) in [6.45, 7) is 1.61. The molecule has 1 fully saturated rings. The summed E-state index contributed by atoms with van der Waals surface area (Å²) in [5.41, 5.74) is 2.06.